The van der Waals surface area contributed by atoms with E-state index in [0.717, 1.165) is 0 Å². The Kier molecular flexibility index (Phi) is 2.73. The van der Waals surface area contributed by atoms with E-state index < -0.39 is 0 Å². The second-order valence-electron chi connectivity index (χ2n) is 4.22. The summed E-state index contributed by atoms with van der Waals surface area (Å²) >= 11 is 9.26. The number of carbonyl (C=O) groups excluding carboxylic acids is 2. The molecule has 0 radical (unpaired) electrons. The monoisotopic (exact) mass is 335 g/mol. The van der Waals surface area contributed by atoms with Crippen LogP contribution in [0.1, 0.15) is 31.8 Å². The van der Waals surface area contributed by atoms with Gasteiger partial charge in [-0.15, -0.1) is 0 Å². The van der Waals surface area contributed by atoms with E-state index in [2.05, 4.69) is 15.9 Å². The van der Waals surface area contributed by atoms with Gasteiger partial charge in [-0.2, -0.15) is 0 Å². The van der Waals surface area contributed by atoms with Gasteiger partial charge in [-0.25, -0.2) is 0 Å². The maximum absolute atomic E-state index is 12.5. The van der Waals surface area contributed by atoms with Crippen LogP contribution in [0, 0.1) is 0 Å². The summed E-state index contributed by atoms with van der Waals surface area (Å²) in [5, 5.41) is 0.316. The standard InChI is InChI=1S/C14H7BrClNO2/c15-12-8(16)5-9(17)10-11(12)14(19)7-4-2-1-3-6(7)13(10)18/h1-5H,17H2. The van der Waals surface area contributed by atoms with Gasteiger partial charge >= 0.3 is 0 Å². The molecule has 5 heteroatoms. The highest BCUT2D eigenvalue weighted by molar-refractivity contribution is 9.10. The molecule has 1 aliphatic carbocycles. The third-order valence-corrected chi connectivity index (χ3v) is 4.47. The molecule has 94 valence electrons. The molecule has 0 fully saturated rings. The van der Waals surface area contributed by atoms with E-state index in [9.17, 15) is 9.59 Å². The van der Waals surface area contributed by atoms with Gasteiger partial charge in [-0.1, -0.05) is 35.9 Å². The second-order valence-corrected chi connectivity index (χ2v) is 5.42. The van der Waals surface area contributed by atoms with Crippen molar-refractivity contribution in [1.82, 2.24) is 0 Å². The third-order valence-electron chi connectivity index (χ3n) is 3.12. The highest BCUT2D eigenvalue weighted by Crippen LogP contribution is 2.39. The van der Waals surface area contributed by atoms with Crippen molar-refractivity contribution in [3.63, 3.8) is 0 Å². The fourth-order valence-electron chi connectivity index (χ4n) is 2.25. The van der Waals surface area contributed by atoms with Crippen molar-refractivity contribution in [2.24, 2.45) is 0 Å². The summed E-state index contributed by atoms with van der Waals surface area (Å²) in [5.74, 6) is -0.494. The lowest BCUT2D eigenvalue weighted by Crippen LogP contribution is -2.23. The Morgan fingerprint density at radius 2 is 1.53 bits per heavy atom. The summed E-state index contributed by atoms with van der Waals surface area (Å²) in [5.41, 5.74) is 7.28. The predicted octanol–water partition coefficient (Wildman–Crippen LogP) is 3.46. The van der Waals surface area contributed by atoms with Crippen molar-refractivity contribution in [3.8, 4) is 0 Å². The molecule has 1 aliphatic rings. The summed E-state index contributed by atoms with van der Waals surface area (Å²) in [4.78, 5) is 24.9. The van der Waals surface area contributed by atoms with Gasteiger partial charge < -0.3 is 5.73 Å². The molecule has 0 spiro atoms. The number of benzene rings is 2. The molecule has 0 aromatic heterocycles. The minimum Gasteiger partial charge on any atom is -0.398 e. The SMILES string of the molecule is Nc1cc(Cl)c(Br)c2c1C(=O)c1ccccc1C2=O. The third kappa shape index (κ3) is 1.64. The Hall–Kier alpha value is -1.65. The maximum Gasteiger partial charge on any atom is 0.196 e. The zero-order chi connectivity index (χ0) is 13.7. The summed E-state index contributed by atoms with van der Waals surface area (Å²) < 4.78 is 0.409. The number of nitrogen functional groups attached to an aromatic ring is 1. The largest absolute Gasteiger partial charge is 0.398 e. The lowest BCUT2D eigenvalue weighted by molar-refractivity contribution is 0.0979. The molecule has 2 aromatic carbocycles. The van der Waals surface area contributed by atoms with Gasteiger partial charge in [0.15, 0.2) is 11.6 Å². The Bertz CT molecular complexity index is 755. The highest BCUT2D eigenvalue weighted by atomic mass is 79.9. The number of anilines is 1. The first kappa shape index (κ1) is 12.4. The molecule has 0 atom stereocenters. The number of carbonyl (C=O) groups is 2. The Morgan fingerprint density at radius 1 is 1.00 bits per heavy atom. The molecule has 0 amide bonds. The van der Waals surface area contributed by atoms with Crippen molar-refractivity contribution in [2.75, 3.05) is 5.73 Å². The molecule has 0 heterocycles. The van der Waals surface area contributed by atoms with E-state index in [-0.39, 0.29) is 28.4 Å². The topological polar surface area (TPSA) is 60.2 Å². The van der Waals surface area contributed by atoms with Crippen LogP contribution in [-0.4, -0.2) is 11.6 Å². The minimum atomic E-state index is -0.250. The van der Waals surface area contributed by atoms with Gasteiger partial charge in [0.2, 0.25) is 0 Å². The van der Waals surface area contributed by atoms with Gasteiger partial charge in [0.05, 0.1) is 16.1 Å². The lowest BCUT2D eigenvalue weighted by Gasteiger charge is -2.20. The number of halogens is 2. The number of rotatable bonds is 0. The average molecular weight is 337 g/mol. The van der Waals surface area contributed by atoms with Gasteiger partial charge in [-0.3, -0.25) is 9.59 Å². The fourth-order valence-corrected chi connectivity index (χ4v) is 2.96. The van der Waals surface area contributed by atoms with Crippen molar-refractivity contribution in [3.05, 3.63) is 62.1 Å². The number of nitrogens with two attached hydrogens (primary N) is 1. The highest BCUT2D eigenvalue weighted by Gasteiger charge is 2.33. The molecule has 0 saturated heterocycles. The second kappa shape index (κ2) is 4.18. The first-order valence-corrected chi connectivity index (χ1v) is 6.65. The molecule has 0 saturated carbocycles. The molecule has 0 unspecified atom stereocenters. The van der Waals surface area contributed by atoms with Crippen LogP contribution in [0.4, 0.5) is 5.69 Å². The Morgan fingerprint density at radius 3 is 2.11 bits per heavy atom. The Balaban J connectivity index is 2.43. The van der Waals surface area contributed by atoms with Crippen LogP contribution in [-0.2, 0) is 0 Å². The summed E-state index contributed by atoms with van der Waals surface area (Å²) in [6, 6.07) is 8.17. The van der Waals surface area contributed by atoms with Crippen LogP contribution in [0.2, 0.25) is 5.02 Å². The predicted molar refractivity (Wildman–Crippen MR) is 76.9 cm³/mol. The van der Waals surface area contributed by atoms with E-state index in [4.69, 9.17) is 17.3 Å². The van der Waals surface area contributed by atoms with E-state index >= 15 is 0 Å². The zero-order valence-electron chi connectivity index (χ0n) is 9.54. The van der Waals surface area contributed by atoms with Gasteiger partial charge in [0.25, 0.3) is 0 Å². The summed E-state index contributed by atoms with van der Waals surface area (Å²) in [7, 11) is 0. The summed E-state index contributed by atoms with van der Waals surface area (Å²) in [6.07, 6.45) is 0. The fraction of sp³-hybridized carbons (Fsp3) is 0. The maximum atomic E-state index is 12.5. The molecule has 3 rings (SSSR count). The number of fused-ring (bicyclic) bond motifs is 2. The van der Waals surface area contributed by atoms with Crippen LogP contribution < -0.4 is 5.73 Å². The molecular weight excluding hydrogens is 330 g/mol. The minimum absolute atomic E-state index is 0.219. The van der Waals surface area contributed by atoms with Crippen LogP contribution in [0.25, 0.3) is 0 Å². The van der Waals surface area contributed by atoms with Crippen molar-refractivity contribution >= 4 is 44.8 Å². The quantitative estimate of drug-likeness (QED) is 0.640. The Labute approximate surface area is 122 Å². The van der Waals surface area contributed by atoms with E-state index in [1.807, 2.05) is 0 Å². The van der Waals surface area contributed by atoms with Crippen molar-refractivity contribution in [1.29, 1.82) is 0 Å². The van der Waals surface area contributed by atoms with E-state index in [1.54, 1.807) is 24.3 Å². The first-order chi connectivity index (χ1) is 9.02. The zero-order valence-corrected chi connectivity index (χ0v) is 11.9. The first-order valence-electron chi connectivity index (χ1n) is 5.48. The molecule has 0 bridgehead atoms. The number of hydrogen-bond acceptors (Lipinski definition) is 3. The molecule has 0 aliphatic heterocycles. The van der Waals surface area contributed by atoms with Gasteiger partial charge in [0.1, 0.15) is 0 Å². The number of hydrogen-bond donors (Lipinski definition) is 1. The molecular formula is C14H7BrClNO2. The van der Waals surface area contributed by atoms with Crippen LogP contribution in [0.15, 0.2) is 34.8 Å². The van der Waals surface area contributed by atoms with Crippen LogP contribution >= 0.6 is 27.5 Å². The average Bonchev–Trinajstić information content (AvgIpc) is 2.40. The van der Waals surface area contributed by atoms with Crippen molar-refractivity contribution < 1.29 is 9.59 Å². The molecule has 19 heavy (non-hydrogen) atoms. The smallest absolute Gasteiger partial charge is 0.196 e. The van der Waals surface area contributed by atoms with E-state index in [1.165, 1.54) is 6.07 Å². The normalized spacial score (nSPS) is 13.2. The van der Waals surface area contributed by atoms with Gasteiger partial charge in [0, 0.05) is 21.3 Å². The van der Waals surface area contributed by atoms with E-state index in [0.29, 0.717) is 20.6 Å². The van der Waals surface area contributed by atoms with Crippen LogP contribution in [0.5, 0.6) is 0 Å². The van der Waals surface area contributed by atoms with Gasteiger partial charge in [-0.05, 0) is 22.0 Å². The molecule has 2 aromatic rings. The number of ketones is 2. The van der Waals surface area contributed by atoms with Crippen molar-refractivity contribution in [2.45, 2.75) is 0 Å². The molecule has 3 nitrogen and oxygen atoms in total. The molecule has 2 N–H and O–H groups in total. The van der Waals surface area contributed by atoms with Crippen LogP contribution in [0.3, 0.4) is 0 Å². The summed E-state index contributed by atoms with van der Waals surface area (Å²) in [6.45, 7) is 0. The lowest BCUT2D eigenvalue weighted by atomic mass is 9.83.